The number of hydrogen-bond donors (Lipinski definition) is 1. The highest BCUT2D eigenvalue weighted by molar-refractivity contribution is 5.81. The van der Waals surface area contributed by atoms with Gasteiger partial charge in [0, 0.05) is 13.5 Å². The molecule has 20 heavy (non-hydrogen) atoms. The predicted octanol–water partition coefficient (Wildman–Crippen LogP) is 1.57. The molecule has 0 fully saturated rings. The quantitative estimate of drug-likeness (QED) is 0.777. The van der Waals surface area contributed by atoms with Crippen LogP contribution in [0.4, 0.5) is 5.82 Å². The second kappa shape index (κ2) is 5.16. The highest BCUT2D eigenvalue weighted by atomic mass is 16.5. The van der Waals surface area contributed by atoms with E-state index in [1.807, 2.05) is 25.2 Å². The fourth-order valence-electron chi connectivity index (χ4n) is 1.98. The van der Waals surface area contributed by atoms with E-state index in [0.717, 1.165) is 6.42 Å². The lowest BCUT2D eigenvalue weighted by Gasteiger charge is -2.05. The number of benzene rings is 1. The van der Waals surface area contributed by atoms with Gasteiger partial charge >= 0.3 is 6.01 Å². The molecule has 2 heterocycles. The van der Waals surface area contributed by atoms with Gasteiger partial charge in [-0.1, -0.05) is 30.3 Å². The van der Waals surface area contributed by atoms with Crippen LogP contribution in [0, 0.1) is 0 Å². The molecule has 0 atom stereocenters. The summed E-state index contributed by atoms with van der Waals surface area (Å²) in [6.07, 6.45) is 2.46. The number of nitrogen functional groups attached to an aromatic ring is 1. The van der Waals surface area contributed by atoms with Crippen molar-refractivity contribution in [2.75, 3.05) is 12.3 Å². The Morgan fingerprint density at radius 3 is 2.80 bits per heavy atom. The average Bonchev–Trinajstić information content (AvgIpc) is 2.82. The van der Waals surface area contributed by atoms with Crippen molar-refractivity contribution in [2.24, 2.45) is 7.05 Å². The Balaban J connectivity index is 1.73. The minimum Gasteiger partial charge on any atom is -0.463 e. The molecule has 0 aliphatic carbocycles. The molecule has 2 N–H and O–H groups in total. The molecule has 2 aromatic heterocycles. The maximum atomic E-state index is 5.85. The van der Waals surface area contributed by atoms with Crippen LogP contribution < -0.4 is 10.5 Å². The zero-order valence-corrected chi connectivity index (χ0v) is 11.2. The van der Waals surface area contributed by atoms with E-state index in [2.05, 4.69) is 27.1 Å². The molecule has 0 aliphatic heterocycles. The Morgan fingerprint density at radius 2 is 2.00 bits per heavy atom. The Bertz CT molecular complexity index is 723. The van der Waals surface area contributed by atoms with Crippen LogP contribution in [-0.2, 0) is 13.5 Å². The molecule has 0 saturated carbocycles. The Hall–Kier alpha value is -2.63. The minimum atomic E-state index is 0.287. The Morgan fingerprint density at radius 1 is 1.20 bits per heavy atom. The van der Waals surface area contributed by atoms with Crippen molar-refractivity contribution in [3.63, 3.8) is 0 Å². The fourth-order valence-corrected chi connectivity index (χ4v) is 1.98. The van der Waals surface area contributed by atoms with Crippen LogP contribution in [0.3, 0.4) is 0 Å². The SMILES string of the molecule is Cn1cnc2c(N)nc(OCCc3ccccc3)nc21. The maximum absolute atomic E-state index is 5.85. The third kappa shape index (κ3) is 2.40. The number of aryl methyl sites for hydroxylation is 1. The summed E-state index contributed by atoms with van der Waals surface area (Å²) in [6.45, 7) is 0.507. The van der Waals surface area contributed by atoms with Crippen molar-refractivity contribution >= 4 is 17.0 Å². The summed E-state index contributed by atoms with van der Waals surface area (Å²) < 4.78 is 7.37. The highest BCUT2D eigenvalue weighted by Gasteiger charge is 2.10. The van der Waals surface area contributed by atoms with Crippen LogP contribution in [0.15, 0.2) is 36.7 Å². The van der Waals surface area contributed by atoms with Gasteiger partial charge in [0.1, 0.15) is 5.52 Å². The molecule has 0 saturated heterocycles. The molecular formula is C14H15N5O. The van der Waals surface area contributed by atoms with Gasteiger partial charge in [-0.3, -0.25) is 0 Å². The monoisotopic (exact) mass is 269 g/mol. The standard InChI is InChI=1S/C14H15N5O/c1-19-9-16-11-12(15)17-14(18-13(11)19)20-8-7-10-5-3-2-4-6-10/h2-6,9H,7-8H2,1H3,(H2,15,17,18). The predicted molar refractivity (Wildman–Crippen MR) is 76.4 cm³/mol. The van der Waals surface area contributed by atoms with Crippen molar-refractivity contribution in [2.45, 2.75) is 6.42 Å². The van der Waals surface area contributed by atoms with E-state index in [4.69, 9.17) is 10.5 Å². The number of aromatic nitrogens is 4. The first-order valence-electron chi connectivity index (χ1n) is 6.35. The van der Waals surface area contributed by atoms with Gasteiger partial charge < -0.3 is 15.0 Å². The van der Waals surface area contributed by atoms with Crippen molar-refractivity contribution in [1.29, 1.82) is 0 Å². The third-order valence-electron chi connectivity index (χ3n) is 3.03. The van der Waals surface area contributed by atoms with Crippen molar-refractivity contribution in [1.82, 2.24) is 19.5 Å². The number of anilines is 1. The molecular weight excluding hydrogens is 254 g/mol. The molecule has 102 valence electrons. The minimum absolute atomic E-state index is 0.287. The molecule has 0 bridgehead atoms. The molecule has 1 aromatic carbocycles. The second-order valence-corrected chi connectivity index (χ2v) is 4.50. The lowest BCUT2D eigenvalue weighted by atomic mass is 10.2. The summed E-state index contributed by atoms with van der Waals surface area (Å²) in [5.74, 6) is 0.338. The Labute approximate surface area is 116 Å². The van der Waals surface area contributed by atoms with E-state index in [0.29, 0.717) is 23.6 Å². The third-order valence-corrected chi connectivity index (χ3v) is 3.03. The molecule has 0 radical (unpaired) electrons. The van der Waals surface area contributed by atoms with Crippen LogP contribution in [0.1, 0.15) is 5.56 Å². The van der Waals surface area contributed by atoms with E-state index < -0.39 is 0 Å². The number of nitrogens with two attached hydrogens (primary N) is 1. The molecule has 0 spiro atoms. The molecule has 3 aromatic rings. The lowest BCUT2D eigenvalue weighted by Crippen LogP contribution is -2.06. The molecule has 0 aliphatic rings. The summed E-state index contributed by atoms with van der Waals surface area (Å²) >= 11 is 0. The van der Waals surface area contributed by atoms with Crippen LogP contribution in [0.2, 0.25) is 0 Å². The van der Waals surface area contributed by atoms with Crippen molar-refractivity contribution in [3.05, 3.63) is 42.2 Å². The van der Waals surface area contributed by atoms with Crippen LogP contribution in [-0.4, -0.2) is 26.1 Å². The first-order valence-corrected chi connectivity index (χ1v) is 6.35. The topological polar surface area (TPSA) is 78.9 Å². The number of hydrogen-bond acceptors (Lipinski definition) is 5. The van der Waals surface area contributed by atoms with E-state index in [1.165, 1.54) is 5.56 Å². The van der Waals surface area contributed by atoms with Gasteiger partial charge in [-0.25, -0.2) is 4.98 Å². The van der Waals surface area contributed by atoms with Gasteiger partial charge in [0.05, 0.1) is 12.9 Å². The van der Waals surface area contributed by atoms with Gasteiger partial charge in [-0.2, -0.15) is 9.97 Å². The van der Waals surface area contributed by atoms with Gasteiger partial charge in [-0.15, -0.1) is 0 Å². The number of rotatable bonds is 4. The number of imidazole rings is 1. The normalized spacial score (nSPS) is 10.8. The lowest BCUT2D eigenvalue weighted by molar-refractivity contribution is 0.298. The molecule has 0 unspecified atom stereocenters. The highest BCUT2D eigenvalue weighted by Crippen LogP contribution is 2.18. The van der Waals surface area contributed by atoms with Crippen LogP contribution in [0.5, 0.6) is 6.01 Å². The zero-order chi connectivity index (χ0) is 13.9. The molecule has 6 nitrogen and oxygen atoms in total. The summed E-state index contributed by atoms with van der Waals surface area (Å²) in [4.78, 5) is 12.6. The van der Waals surface area contributed by atoms with Gasteiger partial charge in [0.15, 0.2) is 11.5 Å². The molecule has 6 heteroatoms. The summed E-state index contributed by atoms with van der Waals surface area (Å²) in [5, 5.41) is 0. The summed E-state index contributed by atoms with van der Waals surface area (Å²) in [6, 6.07) is 10.4. The Kier molecular flexibility index (Phi) is 3.20. The van der Waals surface area contributed by atoms with E-state index in [1.54, 1.807) is 10.9 Å². The number of nitrogens with zero attached hydrogens (tertiary/aromatic N) is 4. The van der Waals surface area contributed by atoms with E-state index in [9.17, 15) is 0 Å². The largest absolute Gasteiger partial charge is 0.463 e. The van der Waals surface area contributed by atoms with Crippen LogP contribution >= 0.6 is 0 Å². The van der Waals surface area contributed by atoms with Gasteiger partial charge in [0.2, 0.25) is 0 Å². The summed E-state index contributed by atoms with van der Waals surface area (Å²) in [7, 11) is 1.86. The maximum Gasteiger partial charge on any atom is 0.320 e. The number of fused-ring (bicyclic) bond motifs is 1. The van der Waals surface area contributed by atoms with E-state index in [-0.39, 0.29) is 6.01 Å². The van der Waals surface area contributed by atoms with Gasteiger partial charge in [0.25, 0.3) is 0 Å². The van der Waals surface area contributed by atoms with E-state index >= 15 is 0 Å². The molecule has 0 amide bonds. The first-order chi connectivity index (χ1) is 9.74. The second-order valence-electron chi connectivity index (χ2n) is 4.50. The fraction of sp³-hybridized carbons (Fsp3) is 0.214. The van der Waals surface area contributed by atoms with Crippen molar-refractivity contribution in [3.8, 4) is 6.01 Å². The smallest absolute Gasteiger partial charge is 0.320 e. The first kappa shape index (κ1) is 12.4. The van der Waals surface area contributed by atoms with Crippen LogP contribution in [0.25, 0.3) is 11.2 Å². The average molecular weight is 269 g/mol. The summed E-state index contributed by atoms with van der Waals surface area (Å²) in [5.41, 5.74) is 8.33. The van der Waals surface area contributed by atoms with Gasteiger partial charge in [-0.05, 0) is 5.56 Å². The molecule has 3 rings (SSSR count). The zero-order valence-electron chi connectivity index (χ0n) is 11.2. The number of ether oxygens (including phenoxy) is 1. The van der Waals surface area contributed by atoms with Crippen molar-refractivity contribution < 1.29 is 4.74 Å².